The molecule has 3 aliphatic heterocycles. The van der Waals surface area contributed by atoms with Crippen LogP contribution in [-0.2, 0) is 33.7 Å². The molecule has 0 bridgehead atoms. The Labute approximate surface area is 357 Å². The molecule has 0 radical (unpaired) electrons. The van der Waals surface area contributed by atoms with Gasteiger partial charge in [-0.2, -0.15) is 4.98 Å². The van der Waals surface area contributed by atoms with E-state index in [0.29, 0.717) is 69.8 Å². The number of piperazine rings is 1. The number of aromatic nitrogens is 3. The Bertz CT molecular complexity index is 2630. The van der Waals surface area contributed by atoms with Crippen molar-refractivity contribution >= 4 is 68.0 Å². The molecule has 19 heteroatoms. The molecule has 0 aliphatic carbocycles. The summed E-state index contributed by atoms with van der Waals surface area (Å²) in [5.41, 5.74) is 4.92. The van der Waals surface area contributed by atoms with Gasteiger partial charge in [0.15, 0.2) is 15.5 Å². The topological polar surface area (TPSA) is 214 Å². The second-order valence-corrected chi connectivity index (χ2v) is 17.0. The molecule has 2 fully saturated rings. The average Bonchev–Trinajstić information content (AvgIpc) is 3.80. The van der Waals surface area contributed by atoms with Crippen LogP contribution >= 0.6 is 0 Å². The van der Waals surface area contributed by atoms with Gasteiger partial charge in [-0.05, 0) is 67.1 Å². The summed E-state index contributed by atoms with van der Waals surface area (Å²) in [5, 5.41) is 13.3. The Hall–Kier alpha value is -6.70. The number of imide groups is 2. The number of carbonyl (C=O) groups excluding carboxylic acids is 5. The molecule has 2 saturated heterocycles. The molecule has 18 nitrogen and oxygen atoms in total. The van der Waals surface area contributed by atoms with Gasteiger partial charge in [0.1, 0.15) is 6.04 Å². The third-order valence-electron chi connectivity index (χ3n) is 10.9. The van der Waals surface area contributed by atoms with Gasteiger partial charge < -0.3 is 29.9 Å². The minimum Gasteiger partial charge on any atom is -0.382 e. The lowest BCUT2D eigenvalue weighted by atomic mass is 10.0. The van der Waals surface area contributed by atoms with Gasteiger partial charge in [-0.25, -0.2) is 12.9 Å². The van der Waals surface area contributed by atoms with Gasteiger partial charge in [0.2, 0.25) is 23.7 Å². The maximum atomic E-state index is 13.3. The van der Waals surface area contributed by atoms with Crippen LogP contribution in [0.25, 0.3) is 16.9 Å². The fraction of sp³-hybridized carbons (Fsp3) is 0.326. The number of ether oxygens (including phenoxy) is 2. The van der Waals surface area contributed by atoms with Crippen molar-refractivity contribution in [1.82, 2.24) is 29.7 Å². The standard InChI is InChI=1S/C43H45N9O9S/c1-62(58,59)31-14-8-28(9-15-31)34-6-3-7-36-46-43(48-52(34)36)45-29-10-12-30(13-11-29)49-20-22-50(23-21-49)38(54)18-24-60-26-27-61-25-19-44-33-5-2-4-32-39(33)42(57)51(41(32)56)35-16-17-37(53)47-40(35)55/h2-15,35,44H,16-27H2,1H3,(H,45,48)(H,47,53,55). The summed E-state index contributed by atoms with van der Waals surface area (Å²) in [7, 11) is -3.30. The number of rotatable bonds is 16. The number of fused-ring (bicyclic) bond motifs is 2. The van der Waals surface area contributed by atoms with E-state index in [4.69, 9.17) is 9.47 Å². The number of hydrogen-bond acceptors (Lipinski definition) is 14. The highest BCUT2D eigenvalue weighted by Crippen LogP contribution is 2.32. The van der Waals surface area contributed by atoms with Crippen molar-refractivity contribution in [3.05, 3.63) is 96.1 Å². The molecule has 3 aliphatic rings. The van der Waals surface area contributed by atoms with Gasteiger partial charge in [0.25, 0.3) is 11.8 Å². The van der Waals surface area contributed by atoms with E-state index in [1.807, 2.05) is 47.4 Å². The Morgan fingerprint density at radius 1 is 0.839 bits per heavy atom. The zero-order valence-corrected chi connectivity index (χ0v) is 34.7. The molecule has 322 valence electrons. The fourth-order valence-electron chi connectivity index (χ4n) is 7.71. The summed E-state index contributed by atoms with van der Waals surface area (Å²) in [5.74, 6) is -1.78. The van der Waals surface area contributed by atoms with E-state index in [9.17, 15) is 32.4 Å². The molecule has 1 unspecified atom stereocenters. The number of nitrogens with one attached hydrogen (secondary N) is 3. The molecule has 5 heterocycles. The normalized spacial score (nSPS) is 16.8. The lowest BCUT2D eigenvalue weighted by Gasteiger charge is -2.36. The van der Waals surface area contributed by atoms with E-state index < -0.39 is 39.5 Å². The maximum Gasteiger partial charge on any atom is 0.264 e. The van der Waals surface area contributed by atoms with Crippen LogP contribution in [0.15, 0.2) is 89.8 Å². The van der Waals surface area contributed by atoms with Gasteiger partial charge >= 0.3 is 0 Å². The first-order valence-corrected chi connectivity index (χ1v) is 22.1. The van der Waals surface area contributed by atoms with E-state index in [0.717, 1.165) is 27.5 Å². The second-order valence-electron chi connectivity index (χ2n) is 15.0. The monoisotopic (exact) mass is 863 g/mol. The molecule has 3 N–H and O–H groups in total. The molecule has 0 spiro atoms. The van der Waals surface area contributed by atoms with Crippen LogP contribution in [0.3, 0.4) is 0 Å². The fourth-order valence-corrected chi connectivity index (χ4v) is 8.34. The lowest BCUT2D eigenvalue weighted by molar-refractivity contribution is -0.136. The summed E-state index contributed by atoms with van der Waals surface area (Å²) in [6.07, 6.45) is 1.58. The highest BCUT2D eigenvalue weighted by molar-refractivity contribution is 7.90. The van der Waals surface area contributed by atoms with Crippen molar-refractivity contribution in [1.29, 1.82) is 0 Å². The number of anilines is 4. The molecular formula is C43H45N9O9S. The number of pyridine rings is 1. The van der Waals surface area contributed by atoms with E-state index in [2.05, 4.69) is 30.9 Å². The van der Waals surface area contributed by atoms with Crippen LogP contribution in [0.4, 0.5) is 23.0 Å². The van der Waals surface area contributed by atoms with Gasteiger partial charge in [-0.3, -0.25) is 34.2 Å². The second kappa shape index (κ2) is 18.1. The Balaban J connectivity index is 0.719. The van der Waals surface area contributed by atoms with Crippen molar-refractivity contribution in [3.8, 4) is 11.3 Å². The third-order valence-corrected chi connectivity index (χ3v) is 12.0. The molecular weight excluding hydrogens is 819 g/mol. The summed E-state index contributed by atoms with van der Waals surface area (Å²) in [6, 6.07) is 24.1. The Morgan fingerprint density at radius 3 is 2.29 bits per heavy atom. The highest BCUT2D eigenvalue weighted by atomic mass is 32.2. The lowest BCUT2D eigenvalue weighted by Crippen LogP contribution is -2.54. The number of hydrogen-bond donors (Lipinski definition) is 3. The number of benzene rings is 3. The number of piperidine rings is 1. The molecule has 1 atom stereocenters. The van der Waals surface area contributed by atoms with Crippen molar-refractivity contribution in [2.75, 3.05) is 80.9 Å². The van der Waals surface area contributed by atoms with E-state index in [1.54, 1.807) is 47.0 Å². The molecule has 3 aromatic carbocycles. The van der Waals surface area contributed by atoms with Crippen LogP contribution in [0.2, 0.25) is 0 Å². The molecule has 8 rings (SSSR count). The van der Waals surface area contributed by atoms with E-state index in [1.165, 1.54) is 6.26 Å². The van der Waals surface area contributed by atoms with E-state index >= 15 is 0 Å². The summed E-state index contributed by atoms with van der Waals surface area (Å²) in [6.45, 7) is 4.09. The average molecular weight is 864 g/mol. The first-order chi connectivity index (χ1) is 29.9. The predicted molar refractivity (Wildman–Crippen MR) is 228 cm³/mol. The SMILES string of the molecule is CS(=O)(=O)c1ccc(-c2cccc3nc(Nc4ccc(N5CCN(C(=O)CCOCCOCCNc6cccc7c6C(=O)N(C6CCC(=O)NC6=O)C7=O)CC5)cc4)nn23)cc1. The van der Waals surface area contributed by atoms with Gasteiger partial charge in [0.05, 0.1) is 54.6 Å². The zero-order chi connectivity index (χ0) is 43.4. The molecule has 62 heavy (non-hydrogen) atoms. The van der Waals surface area contributed by atoms with Crippen molar-refractivity contribution in [2.45, 2.75) is 30.2 Å². The van der Waals surface area contributed by atoms with Crippen LogP contribution < -0.4 is 20.9 Å². The van der Waals surface area contributed by atoms with E-state index in [-0.39, 0.29) is 47.8 Å². The number of sulfone groups is 1. The molecule has 2 aromatic heterocycles. The smallest absolute Gasteiger partial charge is 0.264 e. The van der Waals surface area contributed by atoms with Crippen molar-refractivity contribution in [2.24, 2.45) is 0 Å². The minimum absolute atomic E-state index is 0.0305. The number of carbonyl (C=O) groups is 5. The molecule has 0 saturated carbocycles. The van der Waals surface area contributed by atoms with Crippen molar-refractivity contribution < 1.29 is 41.9 Å². The Kier molecular flexibility index (Phi) is 12.3. The molecule has 5 amide bonds. The summed E-state index contributed by atoms with van der Waals surface area (Å²) >= 11 is 0. The summed E-state index contributed by atoms with van der Waals surface area (Å²) < 4.78 is 36.8. The minimum atomic E-state index is -3.30. The summed E-state index contributed by atoms with van der Waals surface area (Å²) in [4.78, 5) is 73.0. The predicted octanol–water partition coefficient (Wildman–Crippen LogP) is 3.13. The van der Waals surface area contributed by atoms with Crippen LogP contribution in [0, 0.1) is 0 Å². The largest absolute Gasteiger partial charge is 0.382 e. The van der Waals surface area contributed by atoms with Gasteiger partial charge in [-0.1, -0.05) is 24.3 Å². The first-order valence-electron chi connectivity index (χ1n) is 20.2. The Morgan fingerprint density at radius 2 is 1.56 bits per heavy atom. The first kappa shape index (κ1) is 42.0. The quantitative estimate of drug-likeness (QED) is 0.0961. The maximum absolute atomic E-state index is 13.3. The third kappa shape index (κ3) is 9.14. The van der Waals surface area contributed by atoms with Gasteiger partial charge in [-0.15, -0.1) is 5.10 Å². The molecule has 5 aromatic rings. The van der Waals surface area contributed by atoms with Gasteiger partial charge in [0, 0.05) is 68.0 Å². The van der Waals surface area contributed by atoms with Crippen LogP contribution in [0.5, 0.6) is 0 Å². The van der Waals surface area contributed by atoms with Crippen LogP contribution in [-0.4, -0.2) is 134 Å². The van der Waals surface area contributed by atoms with Crippen LogP contribution in [0.1, 0.15) is 40.0 Å². The zero-order valence-electron chi connectivity index (χ0n) is 33.9. The van der Waals surface area contributed by atoms with Crippen molar-refractivity contribution in [3.63, 3.8) is 0 Å². The number of amides is 5. The number of nitrogens with zero attached hydrogens (tertiary/aromatic N) is 6. The highest BCUT2D eigenvalue weighted by Gasteiger charge is 2.45.